The van der Waals surface area contributed by atoms with E-state index in [2.05, 4.69) is 10.3 Å². The van der Waals surface area contributed by atoms with Gasteiger partial charge in [-0.3, -0.25) is 0 Å². The van der Waals surface area contributed by atoms with Crippen LogP contribution in [0, 0.1) is 6.92 Å². The highest BCUT2D eigenvalue weighted by molar-refractivity contribution is 7.89. The summed E-state index contributed by atoms with van der Waals surface area (Å²) < 4.78 is 29.0. The van der Waals surface area contributed by atoms with Crippen molar-refractivity contribution in [2.24, 2.45) is 0 Å². The van der Waals surface area contributed by atoms with Crippen LogP contribution < -0.4 is 0 Å². The van der Waals surface area contributed by atoms with E-state index >= 15 is 0 Å². The number of halogens is 1. The minimum atomic E-state index is -3.49. The van der Waals surface area contributed by atoms with E-state index in [1.807, 2.05) is 29.8 Å². The molecule has 26 heavy (non-hydrogen) atoms. The van der Waals surface area contributed by atoms with Crippen molar-refractivity contribution in [3.63, 3.8) is 0 Å². The molecule has 8 heteroatoms. The van der Waals surface area contributed by atoms with Gasteiger partial charge in [0.2, 0.25) is 10.0 Å². The van der Waals surface area contributed by atoms with Gasteiger partial charge < -0.3 is 0 Å². The molecule has 0 atom stereocenters. The molecule has 0 aliphatic carbocycles. The molecule has 1 aliphatic heterocycles. The van der Waals surface area contributed by atoms with Gasteiger partial charge in [0.25, 0.3) is 0 Å². The van der Waals surface area contributed by atoms with Crippen molar-refractivity contribution in [2.45, 2.75) is 30.7 Å². The third kappa shape index (κ3) is 3.11. The van der Waals surface area contributed by atoms with Crippen molar-refractivity contribution in [3.8, 4) is 0 Å². The van der Waals surface area contributed by atoms with Crippen molar-refractivity contribution >= 4 is 32.7 Å². The number of hydrogen-bond donors (Lipinski definition) is 0. The number of nitrogens with zero attached hydrogens (tertiary/aromatic N) is 4. The summed E-state index contributed by atoms with van der Waals surface area (Å²) in [7, 11) is -3.49. The van der Waals surface area contributed by atoms with Crippen LogP contribution in [-0.2, 0) is 10.0 Å². The van der Waals surface area contributed by atoms with Crippen LogP contribution in [0.15, 0.2) is 47.4 Å². The van der Waals surface area contributed by atoms with E-state index in [4.69, 9.17) is 11.6 Å². The Hall–Kier alpha value is -1.96. The molecule has 1 fully saturated rings. The smallest absolute Gasteiger partial charge is 0.242 e. The molecule has 1 saturated heterocycles. The standard InChI is InChI=1S/C18H19ClN4O2S/c1-13-2-7-18-17(12-13)20-21-23(18)15-8-10-22(11-9-15)26(24,25)16-5-3-14(19)4-6-16/h2-7,12,15H,8-11H2,1H3. The SMILES string of the molecule is Cc1ccc2c(c1)nnn2C1CCN(S(=O)(=O)c2ccc(Cl)cc2)CC1. The number of fused-ring (bicyclic) bond motifs is 1. The van der Waals surface area contributed by atoms with Crippen molar-refractivity contribution in [2.75, 3.05) is 13.1 Å². The highest BCUT2D eigenvalue weighted by Gasteiger charge is 2.30. The van der Waals surface area contributed by atoms with Gasteiger partial charge in [-0.25, -0.2) is 13.1 Å². The summed E-state index contributed by atoms with van der Waals surface area (Å²) in [6.45, 7) is 2.95. The topological polar surface area (TPSA) is 68.1 Å². The maximum absolute atomic E-state index is 12.8. The maximum Gasteiger partial charge on any atom is 0.243 e. The zero-order valence-electron chi connectivity index (χ0n) is 14.3. The van der Waals surface area contributed by atoms with Gasteiger partial charge in [0, 0.05) is 18.1 Å². The molecule has 6 nitrogen and oxygen atoms in total. The molecule has 4 rings (SSSR count). The number of hydrogen-bond acceptors (Lipinski definition) is 4. The zero-order valence-corrected chi connectivity index (χ0v) is 15.9. The quantitative estimate of drug-likeness (QED) is 0.687. The Balaban J connectivity index is 1.52. The Morgan fingerprint density at radius 1 is 1.08 bits per heavy atom. The minimum absolute atomic E-state index is 0.152. The molecule has 2 heterocycles. The van der Waals surface area contributed by atoms with Crippen molar-refractivity contribution in [1.82, 2.24) is 19.3 Å². The number of sulfonamides is 1. The highest BCUT2D eigenvalue weighted by Crippen LogP contribution is 2.29. The van der Waals surface area contributed by atoms with Crippen LogP contribution in [0.2, 0.25) is 5.02 Å². The van der Waals surface area contributed by atoms with E-state index < -0.39 is 10.0 Å². The van der Waals surface area contributed by atoms with Crippen LogP contribution in [0.3, 0.4) is 0 Å². The first-order valence-electron chi connectivity index (χ1n) is 8.52. The molecular weight excluding hydrogens is 372 g/mol. The predicted molar refractivity (Wildman–Crippen MR) is 101 cm³/mol. The second-order valence-corrected chi connectivity index (χ2v) is 8.99. The van der Waals surface area contributed by atoms with Crippen LogP contribution in [0.5, 0.6) is 0 Å². The van der Waals surface area contributed by atoms with Gasteiger partial charge in [-0.2, -0.15) is 4.31 Å². The zero-order chi connectivity index (χ0) is 18.3. The van der Waals surface area contributed by atoms with Crippen LogP contribution in [-0.4, -0.2) is 40.8 Å². The van der Waals surface area contributed by atoms with E-state index in [0.29, 0.717) is 31.0 Å². The average Bonchev–Trinajstić information content (AvgIpc) is 3.05. The van der Waals surface area contributed by atoms with Gasteiger partial charge >= 0.3 is 0 Å². The average molecular weight is 391 g/mol. The molecule has 0 amide bonds. The molecule has 2 aromatic carbocycles. The number of rotatable bonds is 3. The van der Waals surface area contributed by atoms with Gasteiger partial charge in [0.05, 0.1) is 16.5 Å². The Morgan fingerprint density at radius 3 is 2.46 bits per heavy atom. The molecule has 0 bridgehead atoms. The Labute approximate surface area is 157 Å². The predicted octanol–water partition coefficient (Wildman–Crippen LogP) is 3.42. The molecule has 0 spiro atoms. The summed E-state index contributed by atoms with van der Waals surface area (Å²) in [6, 6.07) is 12.5. The number of benzene rings is 2. The molecule has 0 radical (unpaired) electrons. The van der Waals surface area contributed by atoms with Gasteiger partial charge in [-0.1, -0.05) is 22.9 Å². The summed E-state index contributed by atoms with van der Waals surface area (Å²) in [5.74, 6) is 0. The monoisotopic (exact) mass is 390 g/mol. The van der Waals surface area contributed by atoms with Crippen LogP contribution >= 0.6 is 11.6 Å². The van der Waals surface area contributed by atoms with Crippen molar-refractivity contribution in [1.29, 1.82) is 0 Å². The fraction of sp³-hybridized carbons (Fsp3) is 0.333. The summed E-state index contributed by atoms with van der Waals surface area (Å²) in [5.41, 5.74) is 3.02. The minimum Gasteiger partial charge on any atom is -0.242 e. The molecule has 3 aromatic rings. The van der Waals surface area contributed by atoms with E-state index in [9.17, 15) is 8.42 Å². The number of aryl methyl sites for hydroxylation is 1. The van der Waals surface area contributed by atoms with E-state index in [-0.39, 0.29) is 10.9 Å². The summed E-state index contributed by atoms with van der Waals surface area (Å²) in [4.78, 5) is 0.280. The van der Waals surface area contributed by atoms with Crippen LogP contribution in [0.25, 0.3) is 11.0 Å². The van der Waals surface area contributed by atoms with E-state index in [1.54, 1.807) is 24.3 Å². The molecule has 136 valence electrons. The lowest BCUT2D eigenvalue weighted by Gasteiger charge is -2.31. The fourth-order valence-corrected chi connectivity index (χ4v) is 5.00. The van der Waals surface area contributed by atoms with Crippen molar-refractivity contribution in [3.05, 3.63) is 53.1 Å². The van der Waals surface area contributed by atoms with Crippen molar-refractivity contribution < 1.29 is 8.42 Å². The van der Waals surface area contributed by atoms with Gasteiger partial charge in [0.1, 0.15) is 5.52 Å². The number of aromatic nitrogens is 3. The van der Waals surface area contributed by atoms with Gasteiger partial charge in [-0.15, -0.1) is 5.10 Å². The lowest BCUT2D eigenvalue weighted by atomic mass is 10.1. The first kappa shape index (κ1) is 17.5. The maximum atomic E-state index is 12.8. The Kier molecular flexibility index (Phi) is 4.46. The Morgan fingerprint density at radius 2 is 1.77 bits per heavy atom. The summed E-state index contributed by atoms with van der Waals surface area (Å²) in [5, 5.41) is 9.07. The molecule has 0 unspecified atom stereocenters. The third-order valence-corrected chi connectivity index (χ3v) is 7.01. The second kappa shape index (κ2) is 6.64. The van der Waals surface area contributed by atoms with Gasteiger partial charge in [-0.05, 0) is 61.7 Å². The first-order valence-corrected chi connectivity index (χ1v) is 10.3. The van der Waals surface area contributed by atoms with E-state index in [0.717, 1.165) is 16.6 Å². The van der Waals surface area contributed by atoms with Crippen LogP contribution in [0.1, 0.15) is 24.4 Å². The van der Waals surface area contributed by atoms with Crippen LogP contribution in [0.4, 0.5) is 0 Å². The normalized spacial score (nSPS) is 17.0. The molecular formula is C18H19ClN4O2S. The van der Waals surface area contributed by atoms with E-state index in [1.165, 1.54) is 4.31 Å². The molecule has 0 saturated carbocycles. The second-order valence-electron chi connectivity index (χ2n) is 6.62. The lowest BCUT2D eigenvalue weighted by molar-refractivity contribution is 0.263. The Bertz CT molecular complexity index is 1040. The highest BCUT2D eigenvalue weighted by atomic mass is 35.5. The summed E-state index contributed by atoms with van der Waals surface area (Å²) >= 11 is 5.86. The summed E-state index contributed by atoms with van der Waals surface area (Å²) in [6.07, 6.45) is 1.41. The van der Waals surface area contributed by atoms with Gasteiger partial charge in [0.15, 0.2) is 0 Å². The molecule has 0 N–H and O–H groups in total. The largest absolute Gasteiger partial charge is 0.243 e. The third-order valence-electron chi connectivity index (χ3n) is 4.85. The molecule has 1 aromatic heterocycles. The first-order chi connectivity index (χ1) is 12.4. The molecule has 1 aliphatic rings. The fourth-order valence-electron chi connectivity index (χ4n) is 3.40. The number of piperidine rings is 1. The lowest BCUT2D eigenvalue weighted by Crippen LogP contribution is -2.39.